The zero-order chi connectivity index (χ0) is 25.7. The molecule has 0 N–H and O–H groups in total. The van der Waals surface area contributed by atoms with Gasteiger partial charge in [-0.25, -0.2) is 4.39 Å². The summed E-state index contributed by atoms with van der Waals surface area (Å²) in [5.74, 6) is -0.0102. The quantitative estimate of drug-likeness (QED) is 0.174. The van der Waals surface area contributed by atoms with Crippen LogP contribution >= 0.6 is 0 Å². The molecule has 1 saturated carbocycles. The highest BCUT2D eigenvalue weighted by atomic mass is 19.1. The van der Waals surface area contributed by atoms with Gasteiger partial charge in [0.15, 0.2) is 0 Å². The molecule has 0 heterocycles. The average molecular weight is 523 g/mol. The molecular formula is C41H11F. The molecule has 0 aromatic heterocycles. The van der Waals surface area contributed by atoms with Crippen LogP contribution in [0, 0.1) is 0 Å². The monoisotopic (exact) mass is 522 g/mol. The van der Waals surface area contributed by atoms with Gasteiger partial charge in [-0.1, -0.05) is 48.5 Å². The number of alkyl halides is 1. The summed E-state index contributed by atoms with van der Waals surface area (Å²) in [7, 11) is 0. The first kappa shape index (κ1) is 17.1. The Morgan fingerprint density at radius 2 is 0.476 bits per heavy atom. The Labute approximate surface area is 232 Å². The highest BCUT2D eigenvalue weighted by molar-refractivity contribution is 6.69. The van der Waals surface area contributed by atoms with Gasteiger partial charge in [-0.15, -0.1) is 0 Å². The van der Waals surface area contributed by atoms with Gasteiger partial charge in [0.2, 0.25) is 0 Å². The third-order valence-corrected chi connectivity index (χ3v) is 13.7. The van der Waals surface area contributed by atoms with E-state index in [9.17, 15) is 0 Å². The Morgan fingerprint density at radius 3 is 0.786 bits per heavy atom. The fourth-order valence-electron chi connectivity index (χ4n) is 12.7. The second-order valence-electron chi connectivity index (χ2n) is 14.5. The van der Waals surface area contributed by atoms with Crippen molar-refractivity contribution < 1.29 is 4.39 Å². The van der Waals surface area contributed by atoms with Gasteiger partial charge < -0.3 is 0 Å². The van der Waals surface area contributed by atoms with E-state index in [1.165, 1.54) is 162 Å². The number of halogens is 1. The van der Waals surface area contributed by atoms with Gasteiger partial charge in [-0.05, 0) is 162 Å². The van der Waals surface area contributed by atoms with Gasteiger partial charge >= 0.3 is 0 Å². The first-order valence-electron chi connectivity index (χ1n) is 15.4. The number of fused-ring (bicyclic) bond motifs is 8. The predicted molar refractivity (Wildman–Crippen MR) is 176 cm³/mol. The minimum Gasteiger partial charge on any atom is -0.246 e. The Bertz CT molecular complexity index is 3450. The van der Waals surface area contributed by atoms with E-state index < -0.39 is 6.17 Å². The molecular weight excluding hydrogens is 511 g/mol. The van der Waals surface area contributed by atoms with E-state index >= 15 is 4.39 Å². The SMILES string of the molecule is FC1C2c3c4ccc5c6ccc7c8ccc9c%10ccc%11c(c%12c3c3c4c5c4c6c7c5c8c9c6c%10c%11c%12c7c3c4c5c67)C12. The molecule has 0 bridgehead atoms. The van der Waals surface area contributed by atoms with Crippen LogP contribution in [0.15, 0.2) is 48.5 Å². The second kappa shape index (κ2) is 4.24. The highest BCUT2D eigenvalue weighted by Crippen LogP contribution is 2.73. The lowest BCUT2D eigenvalue weighted by atomic mass is 9.88. The summed E-state index contributed by atoms with van der Waals surface area (Å²) in [5.41, 5.74) is 2.67. The first-order chi connectivity index (χ1) is 20.8. The molecule has 17 rings (SSSR count). The number of hydrogen-bond donors (Lipinski definition) is 0. The molecule has 0 radical (unpaired) electrons. The van der Waals surface area contributed by atoms with E-state index in [0.717, 1.165) is 0 Å². The minimum atomic E-state index is -0.787. The average Bonchev–Trinajstić information content (AvgIpc) is 3.60. The van der Waals surface area contributed by atoms with E-state index in [1.54, 1.807) is 0 Å². The largest absolute Gasteiger partial charge is 0.246 e. The lowest BCUT2D eigenvalue weighted by Crippen LogP contribution is -1.91. The van der Waals surface area contributed by atoms with Gasteiger partial charge in [0.1, 0.15) is 6.17 Å². The van der Waals surface area contributed by atoms with E-state index in [-0.39, 0.29) is 11.8 Å². The molecule has 0 amide bonds. The molecule has 42 heavy (non-hydrogen) atoms. The fraction of sp³-hybridized carbons (Fsp3) is 0.0732. The molecule has 2 aliphatic rings. The van der Waals surface area contributed by atoms with Crippen LogP contribution in [0.5, 0.6) is 0 Å². The van der Waals surface area contributed by atoms with E-state index in [1.807, 2.05) is 0 Å². The van der Waals surface area contributed by atoms with E-state index in [0.29, 0.717) is 0 Å². The van der Waals surface area contributed by atoms with Crippen molar-refractivity contribution in [2.75, 3.05) is 0 Å². The van der Waals surface area contributed by atoms with Crippen molar-refractivity contribution in [1.82, 2.24) is 0 Å². The van der Waals surface area contributed by atoms with Crippen LogP contribution < -0.4 is 0 Å². The van der Waals surface area contributed by atoms with Crippen LogP contribution in [0.25, 0.3) is 151 Å². The van der Waals surface area contributed by atoms with Crippen LogP contribution in [0.4, 0.5) is 4.39 Å². The molecule has 0 spiro atoms. The summed E-state index contributed by atoms with van der Waals surface area (Å²) in [6.07, 6.45) is -0.787. The Hall–Kier alpha value is -5.01. The zero-order valence-corrected chi connectivity index (χ0v) is 21.7. The maximum atomic E-state index is 16.3. The van der Waals surface area contributed by atoms with E-state index in [4.69, 9.17) is 0 Å². The third kappa shape index (κ3) is 1.09. The normalized spacial score (nSPS) is 22.2. The zero-order valence-electron chi connectivity index (χ0n) is 21.7. The van der Waals surface area contributed by atoms with Crippen LogP contribution in [-0.2, 0) is 0 Å². The molecule has 0 nitrogen and oxygen atoms in total. The standard InChI is InChI=1S/C41H11F/c42-41-39-25-15-7-5-13-11-3-1-9-10-2-4-12-14-6-8-16-24-22(14)29-20(12)18(10)27-17(9)19(11)28-21(13)23(15)30-32(25)33(26(16)40(39)41)31(24)38-36(29)34(27)35(28)37(30)38/h1-8,39-41H. The fourth-order valence-corrected chi connectivity index (χ4v) is 12.7. The molecule has 0 saturated heterocycles. The lowest BCUT2D eigenvalue weighted by molar-refractivity contribution is 0.461. The maximum Gasteiger partial charge on any atom is 0.115 e. The molecule has 15 aromatic rings. The molecule has 1 heteroatoms. The minimum absolute atomic E-state index is 0.00509. The van der Waals surface area contributed by atoms with Crippen LogP contribution in [-0.4, -0.2) is 6.17 Å². The van der Waals surface area contributed by atoms with Gasteiger partial charge in [-0.2, -0.15) is 0 Å². The lowest BCUT2D eigenvalue weighted by Gasteiger charge is -2.13. The van der Waals surface area contributed by atoms with Gasteiger partial charge in [-0.3, -0.25) is 0 Å². The van der Waals surface area contributed by atoms with Gasteiger partial charge in [0, 0.05) is 11.8 Å². The molecule has 2 unspecified atom stereocenters. The van der Waals surface area contributed by atoms with Crippen molar-refractivity contribution in [3.8, 4) is 0 Å². The van der Waals surface area contributed by atoms with Gasteiger partial charge in [0.25, 0.3) is 0 Å². The summed E-state index contributed by atoms with van der Waals surface area (Å²) in [6.45, 7) is 0. The Morgan fingerprint density at radius 1 is 0.262 bits per heavy atom. The van der Waals surface area contributed by atoms with Crippen LogP contribution in [0.3, 0.4) is 0 Å². The molecule has 182 valence electrons. The van der Waals surface area contributed by atoms with Crippen molar-refractivity contribution in [3.05, 3.63) is 59.7 Å². The summed E-state index contributed by atoms with van der Waals surface area (Å²) in [5, 5.41) is 40.7. The molecule has 1 fully saturated rings. The van der Waals surface area contributed by atoms with Crippen molar-refractivity contribution in [1.29, 1.82) is 0 Å². The summed E-state index contributed by atoms with van der Waals surface area (Å²) >= 11 is 0. The second-order valence-corrected chi connectivity index (χ2v) is 14.5. The molecule has 2 aliphatic carbocycles. The molecule has 2 atom stereocenters. The summed E-state index contributed by atoms with van der Waals surface area (Å²) in [6, 6.07) is 19.2. The smallest absolute Gasteiger partial charge is 0.115 e. The van der Waals surface area contributed by atoms with Gasteiger partial charge in [0.05, 0.1) is 0 Å². The van der Waals surface area contributed by atoms with Crippen molar-refractivity contribution in [2.45, 2.75) is 18.0 Å². The third-order valence-electron chi connectivity index (χ3n) is 13.7. The predicted octanol–water partition coefficient (Wildman–Crippen LogP) is 11.6. The van der Waals surface area contributed by atoms with Crippen molar-refractivity contribution in [2.24, 2.45) is 0 Å². The van der Waals surface area contributed by atoms with Crippen molar-refractivity contribution in [3.63, 3.8) is 0 Å². The Balaban J connectivity index is 1.51. The van der Waals surface area contributed by atoms with Crippen LogP contribution in [0.2, 0.25) is 0 Å². The first-order valence-corrected chi connectivity index (χ1v) is 15.4. The van der Waals surface area contributed by atoms with E-state index in [2.05, 4.69) is 48.5 Å². The number of rotatable bonds is 0. The number of benzene rings is 9. The van der Waals surface area contributed by atoms with Crippen LogP contribution in [0.1, 0.15) is 23.0 Å². The molecule has 15 aromatic carbocycles. The summed E-state index contributed by atoms with van der Waals surface area (Å²) < 4.78 is 16.3. The highest BCUT2D eigenvalue weighted by Gasteiger charge is 2.59. The topological polar surface area (TPSA) is 0 Å². The molecule has 0 aliphatic heterocycles. The maximum absolute atomic E-state index is 16.3. The summed E-state index contributed by atoms with van der Waals surface area (Å²) in [4.78, 5) is 0. The Kier molecular flexibility index (Phi) is 1.72. The van der Waals surface area contributed by atoms with Crippen molar-refractivity contribution >= 4 is 151 Å². The number of hydrogen-bond acceptors (Lipinski definition) is 0.